The number of unbranched alkanes of at least 4 members (excludes halogenated alkanes) is 2. The van der Waals surface area contributed by atoms with Crippen LogP contribution in [0.5, 0.6) is 0 Å². The van der Waals surface area contributed by atoms with Crippen LogP contribution in [0.15, 0.2) is 4.99 Å². The summed E-state index contributed by atoms with van der Waals surface area (Å²) in [5.74, 6) is 1.31. The summed E-state index contributed by atoms with van der Waals surface area (Å²) < 4.78 is 0. The van der Waals surface area contributed by atoms with E-state index in [2.05, 4.69) is 34.0 Å². The molecule has 1 amide bonds. The van der Waals surface area contributed by atoms with E-state index in [0.29, 0.717) is 5.91 Å². The van der Waals surface area contributed by atoms with Crippen LogP contribution >= 0.6 is 0 Å². The average Bonchev–Trinajstić information content (AvgIpc) is 3.15. The molecule has 6 heteroatoms. The van der Waals surface area contributed by atoms with E-state index in [0.717, 1.165) is 64.6 Å². The first-order chi connectivity index (χ1) is 11.7. The van der Waals surface area contributed by atoms with Crippen molar-refractivity contribution < 1.29 is 4.79 Å². The number of piperazine rings is 1. The molecule has 2 heterocycles. The number of carbonyl (C=O) groups is 1. The van der Waals surface area contributed by atoms with Crippen molar-refractivity contribution in [3.8, 4) is 0 Å². The molecule has 138 valence electrons. The summed E-state index contributed by atoms with van der Waals surface area (Å²) in [5.41, 5.74) is 0. The van der Waals surface area contributed by atoms with Crippen LogP contribution in [0.1, 0.15) is 46.0 Å². The van der Waals surface area contributed by atoms with Crippen LogP contribution in [-0.2, 0) is 4.79 Å². The number of guanidine groups is 1. The minimum Gasteiger partial charge on any atom is -0.356 e. The van der Waals surface area contributed by atoms with Gasteiger partial charge in [-0.1, -0.05) is 19.8 Å². The number of likely N-dealkylation sites (tertiary alicyclic amines) is 1. The largest absolute Gasteiger partial charge is 0.356 e. The number of hydrogen-bond donors (Lipinski definition) is 1. The molecular formula is C18H35N5O. The van der Waals surface area contributed by atoms with E-state index < -0.39 is 0 Å². The summed E-state index contributed by atoms with van der Waals surface area (Å²) in [6.07, 6.45) is 6.01. The molecule has 24 heavy (non-hydrogen) atoms. The summed E-state index contributed by atoms with van der Waals surface area (Å²) in [4.78, 5) is 23.6. The number of nitrogens with one attached hydrogen (secondary N) is 1. The van der Waals surface area contributed by atoms with Crippen LogP contribution in [0.25, 0.3) is 0 Å². The Labute approximate surface area is 147 Å². The molecule has 0 bridgehead atoms. The molecule has 1 N–H and O–H groups in total. The Morgan fingerprint density at radius 1 is 1.04 bits per heavy atom. The van der Waals surface area contributed by atoms with Crippen LogP contribution in [-0.4, -0.2) is 85.5 Å². The molecular weight excluding hydrogens is 302 g/mol. The molecule has 2 aliphatic heterocycles. The molecule has 2 aliphatic rings. The van der Waals surface area contributed by atoms with E-state index in [1.807, 2.05) is 11.9 Å². The summed E-state index contributed by atoms with van der Waals surface area (Å²) in [7, 11) is 1.86. The Kier molecular flexibility index (Phi) is 7.82. The molecule has 0 aromatic carbocycles. The summed E-state index contributed by atoms with van der Waals surface area (Å²) in [5, 5.41) is 3.47. The lowest BCUT2D eigenvalue weighted by Crippen LogP contribution is -2.57. The number of nitrogens with zero attached hydrogens (tertiary/aromatic N) is 4. The second-order valence-corrected chi connectivity index (χ2v) is 6.91. The highest BCUT2D eigenvalue weighted by Gasteiger charge is 2.30. The van der Waals surface area contributed by atoms with Crippen molar-refractivity contribution in [2.45, 2.75) is 52.0 Å². The van der Waals surface area contributed by atoms with Gasteiger partial charge in [0.15, 0.2) is 5.96 Å². The standard InChI is InChI=1S/C18H35N5O/c1-4-5-6-9-20-18(19-3)23-14-12-21(13-15-23)16(2)17(24)22-10-7-8-11-22/h16H,4-15H2,1-3H3,(H,19,20). The van der Waals surface area contributed by atoms with Crippen molar-refractivity contribution in [3.63, 3.8) is 0 Å². The molecule has 0 aromatic heterocycles. The monoisotopic (exact) mass is 337 g/mol. The van der Waals surface area contributed by atoms with Gasteiger partial charge in [-0.25, -0.2) is 0 Å². The quantitative estimate of drug-likeness (QED) is 0.452. The van der Waals surface area contributed by atoms with Crippen molar-refractivity contribution in [1.82, 2.24) is 20.0 Å². The van der Waals surface area contributed by atoms with E-state index in [1.54, 1.807) is 0 Å². The van der Waals surface area contributed by atoms with Gasteiger partial charge in [-0.3, -0.25) is 14.7 Å². The van der Waals surface area contributed by atoms with Crippen LogP contribution in [0.2, 0.25) is 0 Å². The first kappa shape index (κ1) is 19.0. The summed E-state index contributed by atoms with van der Waals surface area (Å²) >= 11 is 0. The Morgan fingerprint density at radius 2 is 1.71 bits per heavy atom. The van der Waals surface area contributed by atoms with Crippen molar-refractivity contribution in [2.75, 3.05) is 52.9 Å². The van der Waals surface area contributed by atoms with Crippen LogP contribution in [0.4, 0.5) is 0 Å². The topological polar surface area (TPSA) is 51.2 Å². The van der Waals surface area contributed by atoms with Crippen LogP contribution in [0, 0.1) is 0 Å². The highest BCUT2D eigenvalue weighted by atomic mass is 16.2. The molecule has 0 aliphatic carbocycles. The summed E-state index contributed by atoms with van der Waals surface area (Å²) in [6.45, 7) is 10.9. The van der Waals surface area contributed by atoms with Crippen molar-refractivity contribution in [3.05, 3.63) is 0 Å². The van der Waals surface area contributed by atoms with Gasteiger partial charge in [-0.2, -0.15) is 0 Å². The maximum atomic E-state index is 12.6. The number of hydrogen-bond acceptors (Lipinski definition) is 3. The molecule has 1 unspecified atom stereocenters. The number of amides is 1. The van der Waals surface area contributed by atoms with Gasteiger partial charge in [0.2, 0.25) is 5.91 Å². The van der Waals surface area contributed by atoms with Gasteiger partial charge in [0.1, 0.15) is 0 Å². The third-order valence-corrected chi connectivity index (χ3v) is 5.21. The lowest BCUT2D eigenvalue weighted by Gasteiger charge is -2.39. The van der Waals surface area contributed by atoms with Gasteiger partial charge in [0, 0.05) is 52.9 Å². The van der Waals surface area contributed by atoms with Gasteiger partial charge in [-0.15, -0.1) is 0 Å². The van der Waals surface area contributed by atoms with Crippen LogP contribution in [0.3, 0.4) is 0 Å². The van der Waals surface area contributed by atoms with Crippen molar-refractivity contribution >= 4 is 11.9 Å². The fourth-order valence-electron chi connectivity index (χ4n) is 3.59. The molecule has 0 radical (unpaired) electrons. The third kappa shape index (κ3) is 5.10. The van der Waals surface area contributed by atoms with Gasteiger partial charge in [0.25, 0.3) is 0 Å². The second-order valence-electron chi connectivity index (χ2n) is 6.91. The first-order valence-electron chi connectivity index (χ1n) is 9.65. The Hall–Kier alpha value is -1.30. The molecule has 6 nitrogen and oxygen atoms in total. The van der Waals surface area contributed by atoms with Gasteiger partial charge in [0.05, 0.1) is 6.04 Å². The second kappa shape index (κ2) is 9.87. The maximum Gasteiger partial charge on any atom is 0.239 e. The minimum atomic E-state index is 0.00442. The highest BCUT2D eigenvalue weighted by molar-refractivity contribution is 5.82. The Balaban J connectivity index is 1.76. The molecule has 2 fully saturated rings. The van der Waals surface area contributed by atoms with Gasteiger partial charge >= 0.3 is 0 Å². The molecule has 1 atom stereocenters. The molecule has 2 rings (SSSR count). The predicted molar refractivity (Wildman–Crippen MR) is 99.3 cm³/mol. The number of carbonyl (C=O) groups excluding carboxylic acids is 1. The maximum absolute atomic E-state index is 12.6. The van der Waals surface area contributed by atoms with Gasteiger partial charge in [-0.05, 0) is 26.2 Å². The van der Waals surface area contributed by atoms with E-state index >= 15 is 0 Å². The van der Waals surface area contributed by atoms with Crippen molar-refractivity contribution in [2.24, 2.45) is 4.99 Å². The number of rotatable bonds is 6. The van der Waals surface area contributed by atoms with E-state index in [4.69, 9.17) is 0 Å². The third-order valence-electron chi connectivity index (χ3n) is 5.21. The zero-order valence-corrected chi connectivity index (χ0v) is 15.8. The van der Waals surface area contributed by atoms with E-state index in [9.17, 15) is 4.79 Å². The van der Waals surface area contributed by atoms with E-state index in [1.165, 1.54) is 19.3 Å². The average molecular weight is 338 g/mol. The first-order valence-corrected chi connectivity index (χ1v) is 9.65. The molecule has 0 spiro atoms. The minimum absolute atomic E-state index is 0.00442. The van der Waals surface area contributed by atoms with Gasteiger partial charge < -0.3 is 15.1 Å². The summed E-state index contributed by atoms with van der Waals surface area (Å²) in [6, 6.07) is 0.00442. The lowest BCUT2D eigenvalue weighted by atomic mass is 10.2. The number of aliphatic imine (C=N–C) groups is 1. The normalized spacial score (nSPS) is 21.2. The fraction of sp³-hybridized carbons (Fsp3) is 0.889. The molecule has 0 aromatic rings. The van der Waals surface area contributed by atoms with Crippen LogP contribution < -0.4 is 5.32 Å². The Morgan fingerprint density at radius 3 is 2.29 bits per heavy atom. The molecule has 0 saturated carbocycles. The predicted octanol–water partition coefficient (Wildman–Crippen LogP) is 1.38. The lowest BCUT2D eigenvalue weighted by molar-refractivity contribution is -0.135. The zero-order valence-electron chi connectivity index (χ0n) is 15.8. The zero-order chi connectivity index (χ0) is 17.4. The Bertz CT molecular complexity index is 412. The molecule has 2 saturated heterocycles. The SMILES string of the molecule is CCCCCNC(=NC)N1CCN(C(C)C(=O)N2CCCC2)CC1. The fourth-order valence-corrected chi connectivity index (χ4v) is 3.59. The highest BCUT2D eigenvalue weighted by Crippen LogP contribution is 2.14. The smallest absolute Gasteiger partial charge is 0.239 e. The van der Waals surface area contributed by atoms with Crippen molar-refractivity contribution in [1.29, 1.82) is 0 Å². The van der Waals surface area contributed by atoms with E-state index in [-0.39, 0.29) is 6.04 Å².